The Balaban J connectivity index is 3.50. The van der Waals surface area contributed by atoms with Gasteiger partial charge in [-0.05, 0) is 47.5 Å². The second kappa shape index (κ2) is 6.24. The molecule has 0 aliphatic carbocycles. The van der Waals surface area contributed by atoms with Gasteiger partial charge in [-0.25, -0.2) is 0 Å². The van der Waals surface area contributed by atoms with Crippen LogP contribution in [0.5, 0.6) is 0 Å². The van der Waals surface area contributed by atoms with E-state index in [1.807, 2.05) is 34.6 Å². The van der Waals surface area contributed by atoms with E-state index in [0.717, 1.165) is 25.7 Å². The lowest BCUT2D eigenvalue weighted by Gasteiger charge is -2.20. The van der Waals surface area contributed by atoms with Gasteiger partial charge in [-0.1, -0.05) is 12.8 Å². The van der Waals surface area contributed by atoms with E-state index in [9.17, 15) is 4.79 Å². The smallest absolute Gasteiger partial charge is 0.306 e. The molecule has 96 valence electrons. The Bertz CT molecular complexity index is 211. The summed E-state index contributed by atoms with van der Waals surface area (Å²) in [6.07, 6.45) is 4.53. The minimum atomic E-state index is -0.365. The molecule has 0 saturated heterocycles. The van der Waals surface area contributed by atoms with Crippen LogP contribution >= 0.6 is 0 Å². The van der Waals surface area contributed by atoms with Crippen LogP contribution in [-0.4, -0.2) is 17.1 Å². The van der Waals surface area contributed by atoms with E-state index in [2.05, 4.69) is 0 Å². The molecule has 3 heteroatoms. The van der Waals surface area contributed by atoms with Crippen molar-refractivity contribution in [3.8, 4) is 0 Å². The third-order valence-corrected chi connectivity index (χ3v) is 2.12. The molecule has 0 bridgehead atoms. The number of hydrogen-bond donors (Lipinski definition) is 1. The number of carbonyl (C=O) groups excluding carboxylic acids is 1. The second-order valence-electron chi connectivity index (χ2n) is 6.14. The van der Waals surface area contributed by atoms with Gasteiger partial charge in [-0.3, -0.25) is 4.79 Å². The summed E-state index contributed by atoms with van der Waals surface area (Å²) in [6.45, 7) is 9.73. The molecule has 0 heterocycles. The summed E-state index contributed by atoms with van der Waals surface area (Å²) in [5, 5.41) is 0. The van der Waals surface area contributed by atoms with Crippen molar-refractivity contribution in [2.24, 2.45) is 5.73 Å². The highest BCUT2D eigenvalue weighted by Gasteiger charge is 2.15. The average Bonchev–Trinajstić information content (AvgIpc) is 1.97. The molecule has 0 aliphatic rings. The molecular formula is C13H27NO2. The molecule has 0 atom stereocenters. The van der Waals surface area contributed by atoms with Crippen LogP contribution in [0.15, 0.2) is 0 Å². The Morgan fingerprint density at radius 2 is 1.62 bits per heavy atom. The van der Waals surface area contributed by atoms with Crippen molar-refractivity contribution in [3.05, 3.63) is 0 Å². The lowest BCUT2D eigenvalue weighted by Crippen LogP contribution is -2.31. The maximum Gasteiger partial charge on any atom is 0.306 e. The highest BCUT2D eigenvalue weighted by molar-refractivity contribution is 5.69. The zero-order chi connectivity index (χ0) is 12.8. The molecule has 0 fully saturated rings. The van der Waals surface area contributed by atoms with Gasteiger partial charge in [0.2, 0.25) is 0 Å². The Hall–Kier alpha value is -0.570. The van der Waals surface area contributed by atoms with Gasteiger partial charge in [0.1, 0.15) is 5.60 Å². The third kappa shape index (κ3) is 11.5. The first-order valence-corrected chi connectivity index (χ1v) is 6.11. The fourth-order valence-electron chi connectivity index (χ4n) is 1.42. The van der Waals surface area contributed by atoms with Crippen molar-refractivity contribution in [1.29, 1.82) is 0 Å². The van der Waals surface area contributed by atoms with Gasteiger partial charge in [-0.15, -0.1) is 0 Å². The van der Waals surface area contributed by atoms with E-state index in [4.69, 9.17) is 10.5 Å². The van der Waals surface area contributed by atoms with Crippen molar-refractivity contribution in [2.75, 3.05) is 0 Å². The fraction of sp³-hybridized carbons (Fsp3) is 0.923. The number of nitrogens with two attached hydrogens (primary N) is 1. The molecule has 0 aromatic heterocycles. The standard InChI is InChI=1S/C13H27NO2/c1-12(2,3)16-11(15)9-7-6-8-10-13(4,5)14/h6-10,14H2,1-5H3. The monoisotopic (exact) mass is 229 g/mol. The molecular weight excluding hydrogens is 202 g/mol. The van der Waals surface area contributed by atoms with Gasteiger partial charge >= 0.3 is 5.97 Å². The molecule has 0 aliphatic heterocycles. The molecule has 2 N–H and O–H groups in total. The zero-order valence-electron chi connectivity index (χ0n) is 11.4. The normalized spacial score (nSPS) is 12.6. The van der Waals surface area contributed by atoms with Gasteiger partial charge in [0.05, 0.1) is 0 Å². The van der Waals surface area contributed by atoms with Gasteiger partial charge < -0.3 is 10.5 Å². The summed E-state index contributed by atoms with van der Waals surface area (Å²) in [6, 6.07) is 0. The van der Waals surface area contributed by atoms with E-state index in [1.54, 1.807) is 0 Å². The van der Waals surface area contributed by atoms with Crippen molar-refractivity contribution < 1.29 is 9.53 Å². The summed E-state index contributed by atoms with van der Waals surface area (Å²) in [4.78, 5) is 11.4. The van der Waals surface area contributed by atoms with Crippen LogP contribution < -0.4 is 5.73 Å². The van der Waals surface area contributed by atoms with Crippen LogP contribution in [0.1, 0.15) is 66.7 Å². The number of hydrogen-bond acceptors (Lipinski definition) is 3. The van der Waals surface area contributed by atoms with E-state index < -0.39 is 0 Å². The molecule has 0 saturated carbocycles. The van der Waals surface area contributed by atoms with Gasteiger partial charge in [0, 0.05) is 12.0 Å². The molecule has 3 nitrogen and oxygen atoms in total. The van der Waals surface area contributed by atoms with Crippen LogP contribution in [0.3, 0.4) is 0 Å². The van der Waals surface area contributed by atoms with Crippen LogP contribution in [-0.2, 0) is 9.53 Å². The van der Waals surface area contributed by atoms with Crippen LogP contribution in [0.2, 0.25) is 0 Å². The van der Waals surface area contributed by atoms with Crippen LogP contribution in [0.4, 0.5) is 0 Å². The lowest BCUT2D eigenvalue weighted by molar-refractivity contribution is -0.154. The summed E-state index contributed by atoms with van der Waals surface area (Å²) in [5.41, 5.74) is 5.41. The minimum absolute atomic E-state index is 0.0914. The third-order valence-electron chi connectivity index (χ3n) is 2.12. The van der Waals surface area contributed by atoms with Crippen LogP contribution in [0.25, 0.3) is 0 Å². The number of carbonyl (C=O) groups is 1. The lowest BCUT2D eigenvalue weighted by atomic mass is 9.98. The molecule has 0 unspecified atom stereocenters. The number of ether oxygens (including phenoxy) is 1. The Morgan fingerprint density at radius 3 is 2.06 bits per heavy atom. The molecule has 0 rings (SSSR count). The van der Waals surface area contributed by atoms with Crippen LogP contribution in [0, 0.1) is 0 Å². The maximum atomic E-state index is 11.4. The van der Waals surface area contributed by atoms with Crippen molar-refractivity contribution in [3.63, 3.8) is 0 Å². The summed E-state index contributed by atoms with van der Waals surface area (Å²) in [5.74, 6) is -0.0977. The summed E-state index contributed by atoms with van der Waals surface area (Å²) < 4.78 is 5.22. The first-order chi connectivity index (χ1) is 7.10. The van der Waals surface area contributed by atoms with Crippen molar-refractivity contribution >= 4 is 5.97 Å². The second-order valence-corrected chi connectivity index (χ2v) is 6.14. The van der Waals surface area contributed by atoms with Crippen molar-refractivity contribution in [1.82, 2.24) is 0 Å². The minimum Gasteiger partial charge on any atom is -0.460 e. The first kappa shape index (κ1) is 15.4. The van der Waals surface area contributed by atoms with Gasteiger partial charge in [0.25, 0.3) is 0 Å². The number of unbranched alkanes of at least 4 members (excludes halogenated alkanes) is 2. The summed E-state index contributed by atoms with van der Waals surface area (Å²) in [7, 11) is 0. The van der Waals surface area contributed by atoms with Gasteiger partial charge in [-0.2, -0.15) is 0 Å². The molecule has 0 aromatic carbocycles. The molecule has 0 amide bonds. The number of esters is 1. The zero-order valence-corrected chi connectivity index (χ0v) is 11.4. The van der Waals surface area contributed by atoms with E-state index >= 15 is 0 Å². The average molecular weight is 229 g/mol. The fourth-order valence-corrected chi connectivity index (χ4v) is 1.42. The predicted octanol–water partition coefficient (Wildman–Crippen LogP) is 3.02. The first-order valence-electron chi connectivity index (χ1n) is 6.11. The number of rotatable bonds is 6. The van der Waals surface area contributed by atoms with E-state index in [1.165, 1.54) is 0 Å². The quantitative estimate of drug-likeness (QED) is 0.562. The summed E-state index contributed by atoms with van der Waals surface area (Å²) >= 11 is 0. The Morgan fingerprint density at radius 1 is 1.06 bits per heavy atom. The maximum absolute atomic E-state index is 11.4. The SMILES string of the molecule is CC(C)(N)CCCCCC(=O)OC(C)(C)C. The molecule has 0 aromatic rings. The molecule has 16 heavy (non-hydrogen) atoms. The van der Waals surface area contributed by atoms with E-state index in [0.29, 0.717) is 6.42 Å². The largest absolute Gasteiger partial charge is 0.460 e. The van der Waals surface area contributed by atoms with E-state index in [-0.39, 0.29) is 17.1 Å². The predicted molar refractivity (Wildman–Crippen MR) is 67.2 cm³/mol. The van der Waals surface area contributed by atoms with Crippen molar-refractivity contribution in [2.45, 2.75) is 77.9 Å². The highest BCUT2D eigenvalue weighted by Crippen LogP contribution is 2.13. The van der Waals surface area contributed by atoms with Gasteiger partial charge in [0.15, 0.2) is 0 Å². The Labute approximate surface area is 99.7 Å². The molecule has 0 spiro atoms. The highest BCUT2D eigenvalue weighted by atomic mass is 16.6. The topological polar surface area (TPSA) is 52.3 Å². The molecule has 0 radical (unpaired) electrons. The Kier molecular flexibility index (Phi) is 6.01.